The van der Waals surface area contributed by atoms with Crippen LogP contribution >= 0.6 is 0 Å². The highest BCUT2D eigenvalue weighted by molar-refractivity contribution is 6.29. The van der Waals surface area contributed by atoms with E-state index in [1.807, 2.05) is 78.9 Å². The molecule has 0 spiro atoms. The number of methoxy groups -OCH3 is 1. The van der Waals surface area contributed by atoms with E-state index in [0.29, 0.717) is 33.7 Å². The molecule has 5 heteroatoms. The molecule has 0 radical (unpaired) electrons. The smallest absolute Gasteiger partial charge is 0.256 e. The van der Waals surface area contributed by atoms with Crippen LogP contribution in [0.25, 0.3) is 33.9 Å². The van der Waals surface area contributed by atoms with Gasteiger partial charge in [-0.3, -0.25) is 9.59 Å². The Morgan fingerprint density at radius 1 is 0.833 bits per heavy atom. The van der Waals surface area contributed by atoms with E-state index >= 15 is 0 Å². The first kappa shape index (κ1) is 22.9. The van der Waals surface area contributed by atoms with E-state index in [-0.39, 0.29) is 11.3 Å². The van der Waals surface area contributed by atoms with Crippen molar-refractivity contribution in [3.63, 3.8) is 0 Å². The molecule has 5 rings (SSSR count). The SMILES string of the molecule is COc1ccc2oc(-c3ccc(NC(=O)/C(=C\c4ccccc4)c4ccccc4)cc3)cc(=O)c2c1. The van der Waals surface area contributed by atoms with Gasteiger partial charge in [0.25, 0.3) is 5.91 Å². The van der Waals surface area contributed by atoms with Gasteiger partial charge >= 0.3 is 0 Å². The average Bonchev–Trinajstić information content (AvgIpc) is 2.93. The number of hydrogen-bond donors (Lipinski definition) is 1. The summed E-state index contributed by atoms with van der Waals surface area (Å²) in [4.78, 5) is 25.9. The molecule has 176 valence electrons. The van der Waals surface area contributed by atoms with Gasteiger partial charge < -0.3 is 14.5 Å². The summed E-state index contributed by atoms with van der Waals surface area (Å²) >= 11 is 0. The Morgan fingerprint density at radius 3 is 2.22 bits per heavy atom. The minimum Gasteiger partial charge on any atom is -0.497 e. The van der Waals surface area contributed by atoms with Crippen LogP contribution in [0.1, 0.15) is 11.1 Å². The molecule has 0 unspecified atom stereocenters. The zero-order valence-electron chi connectivity index (χ0n) is 19.6. The fourth-order valence-electron chi connectivity index (χ4n) is 3.93. The lowest BCUT2D eigenvalue weighted by Gasteiger charge is -2.11. The first-order chi connectivity index (χ1) is 17.6. The van der Waals surface area contributed by atoms with Crippen molar-refractivity contribution in [3.8, 4) is 17.1 Å². The lowest BCUT2D eigenvalue weighted by molar-refractivity contribution is -0.111. The van der Waals surface area contributed by atoms with Gasteiger partial charge in [-0.2, -0.15) is 0 Å². The quantitative estimate of drug-likeness (QED) is 0.221. The monoisotopic (exact) mass is 473 g/mol. The molecule has 0 atom stereocenters. The summed E-state index contributed by atoms with van der Waals surface area (Å²) in [6, 6.07) is 33.1. The van der Waals surface area contributed by atoms with Crippen LogP contribution in [0.3, 0.4) is 0 Å². The minimum absolute atomic E-state index is 0.152. The summed E-state index contributed by atoms with van der Waals surface area (Å²) in [7, 11) is 1.55. The van der Waals surface area contributed by atoms with Crippen LogP contribution in [0, 0.1) is 0 Å². The number of nitrogens with one attached hydrogen (secondary N) is 1. The van der Waals surface area contributed by atoms with E-state index < -0.39 is 0 Å². The third kappa shape index (κ3) is 4.95. The molecule has 0 saturated carbocycles. The molecule has 5 nitrogen and oxygen atoms in total. The fourth-order valence-corrected chi connectivity index (χ4v) is 3.93. The second-order valence-corrected chi connectivity index (χ2v) is 8.20. The number of amides is 1. The minimum atomic E-state index is -0.219. The Kier molecular flexibility index (Phi) is 6.45. The maximum absolute atomic E-state index is 13.3. The second-order valence-electron chi connectivity index (χ2n) is 8.20. The second kappa shape index (κ2) is 10.2. The summed E-state index contributed by atoms with van der Waals surface area (Å²) < 4.78 is 11.2. The van der Waals surface area contributed by atoms with E-state index in [0.717, 1.165) is 16.7 Å². The third-order valence-corrected chi connectivity index (χ3v) is 5.80. The summed E-state index contributed by atoms with van der Waals surface area (Å²) in [6.07, 6.45) is 1.87. The average molecular weight is 474 g/mol. The van der Waals surface area contributed by atoms with Crippen molar-refractivity contribution in [2.24, 2.45) is 0 Å². The van der Waals surface area contributed by atoms with Crippen LogP contribution in [0.5, 0.6) is 5.75 Å². The molecular weight excluding hydrogens is 450 g/mol. The van der Waals surface area contributed by atoms with E-state index in [1.54, 1.807) is 37.4 Å². The van der Waals surface area contributed by atoms with Crippen LogP contribution in [0.15, 0.2) is 118 Å². The number of rotatable bonds is 6. The van der Waals surface area contributed by atoms with Gasteiger partial charge in [-0.25, -0.2) is 0 Å². The molecular formula is C31H23NO4. The predicted molar refractivity (Wildman–Crippen MR) is 144 cm³/mol. The molecule has 1 amide bonds. The molecule has 5 aromatic rings. The summed E-state index contributed by atoms with van der Waals surface area (Å²) in [5.41, 5.74) is 4.01. The van der Waals surface area contributed by atoms with Gasteiger partial charge in [0.1, 0.15) is 17.1 Å². The van der Waals surface area contributed by atoms with Crippen molar-refractivity contribution in [1.29, 1.82) is 0 Å². The summed E-state index contributed by atoms with van der Waals surface area (Å²) in [5.74, 6) is 0.826. The normalized spacial score (nSPS) is 11.3. The Hall–Kier alpha value is -4.90. The van der Waals surface area contributed by atoms with Crippen LogP contribution in [0.4, 0.5) is 5.69 Å². The van der Waals surface area contributed by atoms with E-state index in [4.69, 9.17) is 9.15 Å². The number of ether oxygens (including phenoxy) is 1. The topological polar surface area (TPSA) is 68.5 Å². The zero-order valence-corrected chi connectivity index (χ0v) is 19.6. The van der Waals surface area contributed by atoms with E-state index in [2.05, 4.69) is 5.32 Å². The highest BCUT2D eigenvalue weighted by Crippen LogP contribution is 2.26. The molecule has 1 N–H and O–H groups in total. The molecule has 0 aliphatic carbocycles. The summed E-state index contributed by atoms with van der Waals surface area (Å²) in [6.45, 7) is 0. The lowest BCUT2D eigenvalue weighted by atomic mass is 10.0. The fraction of sp³-hybridized carbons (Fsp3) is 0.0323. The van der Waals surface area contributed by atoms with Gasteiger partial charge in [-0.15, -0.1) is 0 Å². The van der Waals surface area contributed by atoms with Crippen LogP contribution in [-0.4, -0.2) is 13.0 Å². The van der Waals surface area contributed by atoms with Crippen molar-refractivity contribution in [2.75, 3.05) is 12.4 Å². The maximum atomic E-state index is 13.3. The Bertz CT molecular complexity index is 1600. The van der Waals surface area contributed by atoms with Gasteiger partial charge in [0.2, 0.25) is 0 Å². The standard InChI is InChI=1S/C31H23NO4/c1-35-25-16-17-29-27(19-25)28(33)20-30(36-29)23-12-14-24(15-13-23)32-31(34)26(22-10-6-3-7-11-22)18-21-8-4-2-5-9-21/h2-20H,1H3,(H,32,34)/b26-18-. The Balaban J connectivity index is 1.41. The number of hydrogen-bond acceptors (Lipinski definition) is 4. The first-order valence-electron chi connectivity index (χ1n) is 11.5. The molecule has 0 bridgehead atoms. The van der Waals surface area contributed by atoms with Crippen molar-refractivity contribution in [1.82, 2.24) is 0 Å². The van der Waals surface area contributed by atoms with E-state index in [9.17, 15) is 9.59 Å². The molecule has 0 aliphatic rings. The zero-order chi connectivity index (χ0) is 24.9. The number of anilines is 1. The van der Waals surface area contributed by atoms with Crippen molar-refractivity contribution >= 4 is 34.2 Å². The van der Waals surface area contributed by atoms with Gasteiger partial charge in [0.05, 0.1) is 12.5 Å². The van der Waals surface area contributed by atoms with Crippen molar-refractivity contribution in [3.05, 3.63) is 131 Å². The molecule has 4 aromatic carbocycles. The van der Waals surface area contributed by atoms with Gasteiger partial charge in [-0.05, 0) is 59.7 Å². The highest BCUT2D eigenvalue weighted by Gasteiger charge is 2.13. The molecule has 0 saturated heterocycles. The van der Waals surface area contributed by atoms with E-state index in [1.165, 1.54) is 6.07 Å². The predicted octanol–water partition coefficient (Wildman–Crippen LogP) is 6.65. The van der Waals surface area contributed by atoms with Gasteiger partial charge in [0.15, 0.2) is 5.43 Å². The van der Waals surface area contributed by atoms with Crippen LogP contribution < -0.4 is 15.5 Å². The number of benzene rings is 4. The van der Waals surface area contributed by atoms with Gasteiger partial charge in [0, 0.05) is 22.9 Å². The molecule has 1 heterocycles. The molecule has 0 fully saturated rings. The number of carbonyl (C=O) groups excluding carboxylic acids is 1. The highest BCUT2D eigenvalue weighted by atomic mass is 16.5. The number of fused-ring (bicyclic) bond motifs is 1. The van der Waals surface area contributed by atoms with Crippen LogP contribution in [0.2, 0.25) is 0 Å². The molecule has 1 aromatic heterocycles. The Morgan fingerprint density at radius 2 is 1.53 bits per heavy atom. The first-order valence-corrected chi connectivity index (χ1v) is 11.5. The number of carbonyl (C=O) groups is 1. The van der Waals surface area contributed by atoms with Gasteiger partial charge in [-0.1, -0.05) is 60.7 Å². The summed E-state index contributed by atoms with van der Waals surface area (Å²) in [5, 5.41) is 3.44. The maximum Gasteiger partial charge on any atom is 0.256 e. The Labute approximate surface area is 208 Å². The molecule has 0 aliphatic heterocycles. The largest absolute Gasteiger partial charge is 0.497 e. The third-order valence-electron chi connectivity index (χ3n) is 5.80. The van der Waals surface area contributed by atoms with Crippen molar-refractivity contribution < 1.29 is 13.9 Å². The van der Waals surface area contributed by atoms with Crippen LogP contribution in [-0.2, 0) is 4.79 Å². The lowest BCUT2D eigenvalue weighted by Crippen LogP contribution is -2.13. The molecule has 36 heavy (non-hydrogen) atoms. The van der Waals surface area contributed by atoms with Crippen molar-refractivity contribution in [2.45, 2.75) is 0 Å².